The van der Waals surface area contributed by atoms with Crippen LogP contribution in [0.1, 0.15) is 147 Å². The molecular weight excluding hydrogens is 1730 g/mol. The molecule has 0 saturated carbocycles. The summed E-state index contributed by atoms with van der Waals surface area (Å²) < 4.78 is 47.8. The molecule has 130 heavy (non-hydrogen) atoms. The molecule has 8 aliphatic heterocycles. The first-order chi connectivity index (χ1) is 62.9. The molecule has 0 radical (unpaired) electrons. The zero-order chi connectivity index (χ0) is 91.4. The standard InChI is InChI=1S/C27H36ClN3O3.C26H34ClN3O3.C26H34ClN3O2.C24H29ClFN3O2/c1-18(2)34-26-16-29-14-23(26)25(32)13-21-12-22(24(28)15-30-21)19-5-4-6-20(11-19)31-17-27(3)7-9-33-10-8-27;1-26(6-8-33-9-7-26)17-30-20-5-3-4-18(10-20)23-12-21(29-15-24(23)27)13-25(31)19-11-22(16-32-2)28-14-19;1-2-21-7-6-20(16-29-21)26(31)14-23-13-24(25(27)17-30-23)19-4-3-5-22(12-19)28-15-18-8-10-32-11-9-18;25-22-15-28-20(13-23(30)18-4-2-8-27-14-18)12-21(22)17-3-1-5-19(11-17)29-16-24(26)6-9-31-10-7-24/h4-6,11-12,15,18,23,26,29,31H,7-10,13-14,16-17H2,1-3H3;3-5,10,12,15,19,22,28,30H,6-9,11,13-14,16-17H2,1-2H3;3-5,12-13,17-18,20-21,28-29H,2,6-11,14-16H2,1H3;1,3,5,11-12,15,18,27,29H,2,4,6-10,13-14,16H2/t23-,26+;19-,22-;20-,21+;18-/m1111/s1. The molecule has 8 N–H and O–H groups in total. The number of hydrogen-bond acceptors (Lipinski definition) is 22. The molecule has 8 fully saturated rings. The van der Waals surface area contributed by atoms with Crippen molar-refractivity contribution in [1.29, 1.82) is 0 Å². The van der Waals surface area contributed by atoms with Gasteiger partial charge in [-0.15, -0.1) is 0 Å². The number of alkyl halides is 1. The summed E-state index contributed by atoms with van der Waals surface area (Å²) in [5.74, 6) is 1.48. The van der Waals surface area contributed by atoms with Crippen LogP contribution in [0.2, 0.25) is 20.1 Å². The summed E-state index contributed by atoms with van der Waals surface area (Å²) in [6, 6.07) is 41.2. The highest BCUT2D eigenvalue weighted by atomic mass is 35.5. The minimum atomic E-state index is -1.25. The Bertz CT molecular complexity index is 5000. The van der Waals surface area contributed by atoms with Gasteiger partial charge in [0.25, 0.3) is 0 Å². The van der Waals surface area contributed by atoms with Gasteiger partial charge in [-0.25, -0.2) is 4.39 Å². The number of benzene rings is 4. The molecule has 0 unspecified atom stereocenters. The maximum absolute atomic E-state index is 14.9. The molecule has 0 spiro atoms. The number of ketones is 4. The normalized spacial score (nSPS) is 21.8. The SMILES string of the molecule is CC(C)O[C@H]1CNC[C@@H]1C(=O)Cc1cc(-c2cccc(NCC3(C)CCOCC3)c2)c(Cl)cn1.CC[C@H]1CC[C@@H](C(=O)Cc2cc(-c3cccc(NCC4CCOCC4)c3)c(Cl)cn2)CN1.COC[C@H]1C[C@@H](C(=O)Cc2cc(-c3cccc(NCC4(C)CCOCC4)c3)c(Cl)cn2)CN1.O=C(Cc1cc(-c2cccc(NCC3(F)CCOCC3)c2)c(Cl)cn1)[C@@H]1CCCNC1. The summed E-state index contributed by atoms with van der Waals surface area (Å²) in [5.41, 5.74) is 13.8. The molecule has 0 bridgehead atoms. The van der Waals surface area contributed by atoms with Crippen LogP contribution in [0.15, 0.2) is 146 Å². The number of carbonyl (C=O) groups excluding carboxylic acids is 4. The van der Waals surface area contributed by atoms with Crippen LogP contribution in [-0.4, -0.2) is 205 Å². The van der Waals surface area contributed by atoms with Gasteiger partial charge in [-0.05, 0) is 209 Å². The number of Topliss-reactive ketones (excluding diaryl/α,β-unsaturated/α-hetero) is 4. The van der Waals surface area contributed by atoms with E-state index in [4.69, 9.17) is 74.8 Å². The van der Waals surface area contributed by atoms with E-state index in [0.717, 1.165) is 246 Å². The second-order valence-corrected chi connectivity index (χ2v) is 39.1. The summed E-state index contributed by atoms with van der Waals surface area (Å²) in [6.07, 6.45) is 21.1. The van der Waals surface area contributed by atoms with Crippen LogP contribution in [0.4, 0.5) is 27.1 Å². The first-order valence-corrected chi connectivity index (χ1v) is 48.5. The molecule has 16 rings (SSSR count). The van der Waals surface area contributed by atoms with E-state index >= 15 is 0 Å². The Hall–Kier alpha value is -7.95. The molecule has 8 aromatic rings. The van der Waals surface area contributed by atoms with Gasteiger partial charge in [0.15, 0.2) is 0 Å². The van der Waals surface area contributed by atoms with Crippen LogP contribution >= 0.6 is 46.4 Å². The summed E-state index contributed by atoms with van der Waals surface area (Å²) in [5, 5.41) is 29.7. The average Bonchev–Trinajstić information content (AvgIpc) is 1.20. The molecule has 22 nitrogen and oxygen atoms in total. The van der Waals surface area contributed by atoms with E-state index < -0.39 is 5.67 Å². The minimum absolute atomic E-state index is 0.00478. The second-order valence-electron chi connectivity index (χ2n) is 37.4. The molecule has 4 aromatic carbocycles. The number of pyridine rings is 4. The van der Waals surface area contributed by atoms with E-state index in [9.17, 15) is 23.6 Å². The smallest absolute Gasteiger partial charge is 0.145 e. The van der Waals surface area contributed by atoms with Gasteiger partial charge in [0.1, 0.15) is 28.8 Å². The van der Waals surface area contributed by atoms with E-state index in [2.05, 4.69) is 126 Å². The highest BCUT2D eigenvalue weighted by Gasteiger charge is 2.37. The topological polar surface area (TPSA) is 271 Å². The Kier molecular flexibility index (Phi) is 37.8. The van der Waals surface area contributed by atoms with E-state index in [0.29, 0.717) is 104 Å². The van der Waals surface area contributed by atoms with Gasteiger partial charge in [0.2, 0.25) is 0 Å². The highest BCUT2D eigenvalue weighted by Crippen LogP contribution is 2.39. The van der Waals surface area contributed by atoms with E-state index in [-0.39, 0.29) is 88.8 Å². The van der Waals surface area contributed by atoms with Crippen molar-refractivity contribution < 1.29 is 52.0 Å². The molecule has 8 aliphatic rings. The zero-order valence-electron chi connectivity index (χ0n) is 76.5. The monoisotopic (exact) mass is 1860 g/mol. The molecule has 8 saturated heterocycles. The van der Waals surface area contributed by atoms with Crippen LogP contribution in [0, 0.1) is 40.4 Å². The Morgan fingerprint density at radius 1 is 0.469 bits per heavy atom. The van der Waals surface area contributed by atoms with Crippen molar-refractivity contribution in [3.05, 3.63) is 189 Å². The van der Waals surface area contributed by atoms with Crippen LogP contribution < -0.4 is 42.5 Å². The number of rotatable bonds is 33. The molecule has 0 amide bonds. The number of aromatic nitrogens is 4. The third kappa shape index (κ3) is 29.8. The van der Waals surface area contributed by atoms with Crippen LogP contribution in [0.5, 0.6) is 0 Å². The molecule has 27 heteroatoms. The van der Waals surface area contributed by atoms with Crippen molar-refractivity contribution in [2.75, 3.05) is 153 Å². The lowest BCUT2D eigenvalue weighted by atomic mass is 9.82. The van der Waals surface area contributed by atoms with E-state index in [1.165, 1.54) is 0 Å². The number of piperidine rings is 2. The third-order valence-electron chi connectivity index (χ3n) is 26.8. The van der Waals surface area contributed by atoms with Gasteiger partial charge >= 0.3 is 0 Å². The van der Waals surface area contributed by atoms with Gasteiger partial charge in [-0.2, -0.15) is 0 Å². The number of carbonyl (C=O) groups is 4. The van der Waals surface area contributed by atoms with Crippen LogP contribution in [0.25, 0.3) is 44.5 Å². The Balaban J connectivity index is 0.000000148. The predicted molar refractivity (Wildman–Crippen MR) is 520 cm³/mol. The minimum Gasteiger partial charge on any atom is -0.385 e. The summed E-state index contributed by atoms with van der Waals surface area (Å²) in [4.78, 5) is 69.1. The van der Waals surface area contributed by atoms with Gasteiger partial charge in [-0.1, -0.05) is 116 Å². The number of nitrogens with zero attached hydrogens (tertiary/aromatic N) is 4. The molecule has 12 heterocycles. The maximum Gasteiger partial charge on any atom is 0.145 e. The average molecular weight is 1860 g/mol. The Labute approximate surface area is 787 Å². The van der Waals surface area contributed by atoms with Gasteiger partial charge < -0.3 is 71.0 Å². The van der Waals surface area contributed by atoms with Crippen molar-refractivity contribution in [2.45, 2.75) is 180 Å². The maximum atomic E-state index is 14.9. The predicted octanol–water partition coefficient (Wildman–Crippen LogP) is 18.7. The molecule has 700 valence electrons. The second kappa shape index (κ2) is 49.3. The summed E-state index contributed by atoms with van der Waals surface area (Å²) >= 11 is 26.0. The van der Waals surface area contributed by atoms with Crippen molar-refractivity contribution in [2.24, 2.45) is 40.4 Å². The largest absolute Gasteiger partial charge is 0.385 e. The van der Waals surface area contributed by atoms with Gasteiger partial charge in [0.05, 0.1) is 44.8 Å². The fourth-order valence-electron chi connectivity index (χ4n) is 18.3. The van der Waals surface area contributed by atoms with E-state index in [1.54, 1.807) is 31.9 Å². The summed E-state index contributed by atoms with van der Waals surface area (Å²) in [7, 11) is 1.69. The van der Waals surface area contributed by atoms with Crippen molar-refractivity contribution in [1.82, 2.24) is 41.2 Å². The lowest BCUT2D eigenvalue weighted by molar-refractivity contribution is -0.126. The van der Waals surface area contributed by atoms with Gasteiger partial charge in [-0.3, -0.25) is 39.1 Å². The number of methoxy groups -OCH3 is 1. The first-order valence-electron chi connectivity index (χ1n) is 47.0. The fraction of sp³-hybridized carbons (Fsp3) is 0.534. The lowest BCUT2D eigenvalue weighted by Gasteiger charge is -2.34. The Morgan fingerprint density at radius 3 is 1.30 bits per heavy atom. The lowest BCUT2D eigenvalue weighted by Crippen LogP contribution is -2.41. The first kappa shape index (κ1) is 99.5. The number of halogens is 5. The summed E-state index contributed by atoms with van der Waals surface area (Å²) in [6.45, 7) is 25.0. The van der Waals surface area contributed by atoms with Crippen molar-refractivity contribution in [3.63, 3.8) is 0 Å². The quantitative estimate of drug-likeness (QED) is 0.0190. The molecular formula is C103H133Cl4FN12O10. The van der Waals surface area contributed by atoms with E-state index in [1.807, 2.05) is 92.7 Å². The molecule has 7 atom stereocenters. The van der Waals surface area contributed by atoms with Crippen molar-refractivity contribution in [3.8, 4) is 44.5 Å². The van der Waals surface area contributed by atoms with Gasteiger partial charge in [0, 0.05) is 280 Å². The molecule has 4 aromatic heterocycles. The molecule has 0 aliphatic carbocycles. The number of hydrogen-bond donors (Lipinski definition) is 8. The number of ether oxygens (including phenoxy) is 6. The fourth-order valence-corrected chi connectivity index (χ4v) is 19.1. The zero-order valence-corrected chi connectivity index (χ0v) is 79.5. The third-order valence-corrected chi connectivity index (χ3v) is 28.0. The van der Waals surface area contributed by atoms with Crippen LogP contribution in [-0.2, 0) is 73.3 Å². The van der Waals surface area contributed by atoms with Crippen molar-refractivity contribution >= 4 is 92.3 Å². The number of anilines is 4. The number of nitrogens with one attached hydrogen (secondary N) is 8. The highest BCUT2D eigenvalue weighted by molar-refractivity contribution is 6.34. The Morgan fingerprint density at radius 2 is 0.877 bits per heavy atom. The van der Waals surface area contributed by atoms with Crippen LogP contribution in [0.3, 0.4) is 0 Å².